The molecule has 1 saturated carbocycles. The number of hydrogen-bond acceptors (Lipinski definition) is 4. The van der Waals surface area contributed by atoms with Crippen LogP contribution >= 0.6 is 0 Å². The topological polar surface area (TPSA) is 45.1 Å². The van der Waals surface area contributed by atoms with Crippen molar-refractivity contribution >= 4 is 5.71 Å². The molecule has 1 aliphatic heterocycles. The van der Waals surface area contributed by atoms with Crippen molar-refractivity contribution in [3.8, 4) is 5.75 Å². The third kappa shape index (κ3) is 2.60. The Bertz CT molecular complexity index is 558. The van der Waals surface area contributed by atoms with Gasteiger partial charge in [-0.1, -0.05) is 24.2 Å². The van der Waals surface area contributed by atoms with Gasteiger partial charge in [0.1, 0.15) is 5.75 Å². The summed E-state index contributed by atoms with van der Waals surface area (Å²) in [5, 5.41) is 12.9. The van der Waals surface area contributed by atoms with Crippen molar-refractivity contribution in [3.05, 3.63) is 29.8 Å². The van der Waals surface area contributed by atoms with E-state index in [1.165, 1.54) is 5.56 Å². The molecule has 2 atom stereocenters. The molecule has 120 valence electrons. The second-order valence-electron chi connectivity index (χ2n) is 6.61. The van der Waals surface area contributed by atoms with Crippen LogP contribution in [0.25, 0.3) is 0 Å². The minimum Gasteiger partial charge on any atom is -0.497 e. The highest BCUT2D eigenvalue weighted by Crippen LogP contribution is 2.48. The zero-order valence-electron chi connectivity index (χ0n) is 13.6. The molecule has 4 nitrogen and oxygen atoms in total. The maximum absolute atomic E-state index is 9.29. The number of benzene rings is 1. The predicted octanol–water partition coefficient (Wildman–Crippen LogP) is 3.29. The molecule has 1 aromatic rings. The van der Waals surface area contributed by atoms with Gasteiger partial charge in [0.05, 0.1) is 12.8 Å². The van der Waals surface area contributed by atoms with Crippen LogP contribution in [0.3, 0.4) is 0 Å². The van der Waals surface area contributed by atoms with E-state index in [-0.39, 0.29) is 5.41 Å². The van der Waals surface area contributed by atoms with Crippen molar-refractivity contribution in [1.29, 1.82) is 0 Å². The summed E-state index contributed by atoms with van der Waals surface area (Å²) in [5.74, 6) is 1.54. The largest absolute Gasteiger partial charge is 0.497 e. The Morgan fingerprint density at radius 1 is 1.45 bits per heavy atom. The minimum atomic E-state index is 0.0972. The van der Waals surface area contributed by atoms with Gasteiger partial charge in [0, 0.05) is 12.0 Å². The molecule has 0 unspecified atom stereocenters. The molecular formula is C18H26N2O2. The van der Waals surface area contributed by atoms with E-state index in [2.05, 4.69) is 35.2 Å². The highest BCUT2D eigenvalue weighted by atomic mass is 16.5. The third-order valence-electron chi connectivity index (χ3n) is 5.67. The zero-order chi connectivity index (χ0) is 15.6. The van der Waals surface area contributed by atoms with E-state index in [1.807, 2.05) is 6.07 Å². The van der Waals surface area contributed by atoms with E-state index in [0.717, 1.165) is 56.8 Å². The number of likely N-dealkylation sites (tertiary alicyclic amines) is 1. The fourth-order valence-corrected chi connectivity index (χ4v) is 4.32. The SMILES string of the molecule is CCN1CC[C@]2(c3cccc(OC)c3)CC(=NO)CC[C@H]2C1. The van der Waals surface area contributed by atoms with Gasteiger partial charge >= 0.3 is 0 Å². The molecule has 0 aromatic heterocycles. The van der Waals surface area contributed by atoms with Gasteiger partial charge in [-0.05, 0) is 62.4 Å². The van der Waals surface area contributed by atoms with Crippen molar-refractivity contribution in [1.82, 2.24) is 4.90 Å². The molecule has 22 heavy (non-hydrogen) atoms. The van der Waals surface area contributed by atoms with E-state index in [0.29, 0.717) is 5.92 Å². The average molecular weight is 302 g/mol. The molecule has 4 heteroatoms. The van der Waals surface area contributed by atoms with Crippen LogP contribution in [0.5, 0.6) is 5.75 Å². The van der Waals surface area contributed by atoms with Gasteiger partial charge in [-0.25, -0.2) is 0 Å². The lowest BCUT2D eigenvalue weighted by atomic mass is 9.58. The molecule has 2 fully saturated rings. The van der Waals surface area contributed by atoms with Crippen LogP contribution in [-0.2, 0) is 5.41 Å². The van der Waals surface area contributed by atoms with Gasteiger partial charge in [-0.15, -0.1) is 0 Å². The first-order valence-electron chi connectivity index (χ1n) is 8.28. The molecule has 0 bridgehead atoms. The Hall–Kier alpha value is -1.55. The molecule has 0 amide bonds. The standard InChI is InChI=1S/C18H26N2O2/c1-3-20-10-9-18(14-5-4-6-17(11-14)22-2)12-16(19-21)8-7-15(18)13-20/h4-6,11,15,21H,3,7-10,12-13H2,1-2H3/t15-,18+/m0/s1. The molecule has 2 aliphatic rings. The highest BCUT2D eigenvalue weighted by molar-refractivity contribution is 5.86. The second kappa shape index (κ2) is 6.29. The number of nitrogens with zero attached hydrogens (tertiary/aromatic N) is 2. The van der Waals surface area contributed by atoms with Gasteiger partial charge in [-0.2, -0.15) is 0 Å². The monoisotopic (exact) mass is 302 g/mol. The molecule has 0 radical (unpaired) electrons. The van der Waals surface area contributed by atoms with Crippen LogP contribution in [-0.4, -0.2) is 42.6 Å². The van der Waals surface area contributed by atoms with E-state index < -0.39 is 0 Å². The first kappa shape index (κ1) is 15.3. The van der Waals surface area contributed by atoms with Crippen LogP contribution in [0.1, 0.15) is 38.2 Å². The molecule has 1 saturated heterocycles. The van der Waals surface area contributed by atoms with Crippen molar-refractivity contribution in [2.75, 3.05) is 26.7 Å². The Balaban J connectivity index is 1.99. The third-order valence-corrected chi connectivity index (χ3v) is 5.67. The maximum Gasteiger partial charge on any atom is 0.119 e. The fourth-order valence-electron chi connectivity index (χ4n) is 4.32. The summed E-state index contributed by atoms with van der Waals surface area (Å²) in [6.07, 6.45) is 4.02. The van der Waals surface area contributed by atoms with E-state index in [4.69, 9.17) is 4.74 Å². The Labute approximate surface area is 132 Å². The molecule has 1 heterocycles. The molecule has 1 N–H and O–H groups in total. The van der Waals surface area contributed by atoms with E-state index in [9.17, 15) is 5.21 Å². The van der Waals surface area contributed by atoms with Crippen LogP contribution in [0.15, 0.2) is 29.4 Å². The molecule has 3 rings (SSSR count). The first-order chi connectivity index (χ1) is 10.7. The Kier molecular flexibility index (Phi) is 4.39. The lowest BCUT2D eigenvalue weighted by Crippen LogP contribution is -2.52. The summed E-state index contributed by atoms with van der Waals surface area (Å²) in [6.45, 7) is 5.61. The predicted molar refractivity (Wildman–Crippen MR) is 88.0 cm³/mol. The lowest BCUT2D eigenvalue weighted by Gasteiger charge is -2.51. The molecule has 1 aromatic carbocycles. The van der Waals surface area contributed by atoms with Gasteiger partial charge in [0.2, 0.25) is 0 Å². The summed E-state index contributed by atoms with van der Waals surface area (Å²) in [7, 11) is 1.72. The first-order valence-corrected chi connectivity index (χ1v) is 8.28. The van der Waals surface area contributed by atoms with E-state index >= 15 is 0 Å². The zero-order valence-corrected chi connectivity index (χ0v) is 13.6. The number of fused-ring (bicyclic) bond motifs is 1. The summed E-state index contributed by atoms with van der Waals surface area (Å²) in [5.41, 5.74) is 2.39. The molecule has 1 aliphatic carbocycles. The number of oxime groups is 1. The normalized spacial score (nSPS) is 31.0. The van der Waals surface area contributed by atoms with Crippen LogP contribution in [0.4, 0.5) is 0 Å². The Morgan fingerprint density at radius 3 is 3.05 bits per heavy atom. The number of hydrogen-bond donors (Lipinski definition) is 1. The quantitative estimate of drug-likeness (QED) is 0.688. The van der Waals surface area contributed by atoms with Crippen LogP contribution < -0.4 is 4.74 Å². The van der Waals surface area contributed by atoms with Crippen LogP contribution in [0, 0.1) is 5.92 Å². The van der Waals surface area contributed by atoms with Crippen molar-refractivity contribution in [2.24, 2.45) is 11.1 Å². The summed E-state index contributed by atoms with van der Waals surface area (Å²) < 4.78 is 5.43. The smallest absolute Gasteiger partial charge is 0.119 e. The van der Waals surface area contributed by atoms with E-state index in [1.54, 1.807) is 7.11 Å². The second-order valence-corrected chi connectivity index (χ2v) is 6.61. The number of rotatable bonds is 3. The summed E-state index contributed by atoms with van der Waals surface area (Å²) in [4.78, 5) is 2.55. The molecular weight excluding hydrogens is 276 g/mol. The maximum atomic E-state index is 9.29. The highest BCUT2D eigenvalue weighted by Gasteiger charge is 2.47. The number of methoxy groups -OCH3 is 1. The lowest BCUT2D eigenvalue weighted by molar-refractivity contribution is 0.0835. The fraction of sp³-hybridized carbons (Fsp3) is 0.611. The van der Waals surface area contributed by atoms with Gasteiger partial charge in [0.25, 0.3) is 0 Å². The minimum absolute atomic E-state index is 0.0972. The van der Waals surface area contributed by atoms with Gasteiger partial charge in [-0.3, -0.25) is 0 Å². The number of ether oxygens (including phenoxy) is 1. The number of piperidine rings is 1. The van der Waals surface area contributed by atoms with Gasteiger partial charge in [0.15, 0.2) is 0 Å². The molecule has 0 spiro atoms. The van der Waals surface area contributed by atoms with Crippen molar-refractivity contribution in [2.45, 2.75) is 38.0 Å². The Morgan fingerprint density at radius 2 is 2.32 bits per heavy atom. The van der Waals surface area contributed by atoms with Crippen molar-refractivity contribution < 1.29 is 9.94 Å². The summed E-state index contributed by atoms with van der Waals surface area (Å²) >= 11 is 0. The van der Waals surface area contributed by atoms with Crippen molar-refractivity contribution in [3.63, 3.8) is 0 Å². The van der Waals surface area contributed by atoms with Gasteiger partial charge < -0.3 is 14.8 Å². The summed E-state index contributed by atoms with van der Waals surface area (Å²) in [6, 6.07) is 8.48. The average Bonchev–Trinajstić information content (AvgIpc) is 2.60. The van der Waals surface area contributed by atoms with Crippen LogP contribution in [0.2, 0.25) is 0 Å².